The number of carbonyl (C=O) groups is 2. The number of carbonyl (C=O) groups excluding carboxylic acids is 2. The van der Waals surface area contributed by atoms with E-state index in [4.69, 9.17) is 0 Å². The first kappa shape index (κ1) is 16.5. The van der Waals surface area contributed by atoms with Gasteiger partial charge in [-0.15, -0.1) is 0 Å². The van der Waals surface area contributed by atoms with Crippen molar-refractivity contribution < 1.29 is 14.7 Å². The summed E-state index contributed by atoms with van der Waals surface area (Å²) >= 11 is 0. The van der Waals surface area contributed by atoms with Crippen LogP contribution in [0.4, 0.5) is 10.5 Å². The van der Waals surface area contributed by atoms with Crippen molar-refractivity contribution >= 4 is 17.6 Å². The van der Waals surface area contributed by atoms with Crippen molar-refractivity contribution in [3.05, 3.63) is 59.2 Å². The molecule has 0 aliphatic heterocycles. The minimum absolute atomic E-state index is 0.113. The van der Waals surface area contributed by atoms with Crippen LogP contribution in [-0.2, 0) is 0 Å². The zero-order valence-electron chi connectivity index (χ0n) is 13.4. The lowest BCUT2D eigenvalue weighted by molar-refractivity contribution is 0.0967. The Bertz CT molecular complexity index is 725. The summed E-state index contributed by atoms with van der Waals surface area (Å²) in [5.74, 6) is -0.175. The van der Waals surface area contributed by atoms with Crippen LogP contribution in [0.2, 0.25) is 0 Å². The fourth-order valence-corrected chi connectivity index (χ4v) is 2.22. The van der Waals surface area contributed by atoms with Crippen molar-refractivity contribution in [1.82, 2.24) is 5.32 Å². The number of phenols is 1. The van der Waals surface area contributed by atoms with Crippen molar-refractivity contribution in [2.45, 2.75) is 26.7 Å². The summed E-state index contributed by atoms with van der Waals surface area (Å²) in [5, 5.41) is 14.8. The van der Waals surface area contributed by atoms with Gasteiger partial charge in [0.1, 0.15) is 5.75 Å². The highest BCUT2D eigenvalue weighted by Crippen LogP contribution is 2.30. The first-order valence-corrected chi connectivity index (χ1v) is 7.39. The average Bonchev–Trinajstić information content (AvgIpc) is 2.51. The molecular formula is C18H20N2O3. The molecule has 0 saturated heterocycles. The predicted molar refractivity (Wildman–Crippen MR) is 89.9 cm³/mol. The fraction of sp³-hybridized carbons (Fsp3) is 0.222. The Hall–Kier alpha value is -2.82. The van der Waals surface area contributed by atoms with Crippen LogP contribution >= 0.6 is 0 Å². The Labute approximate surface area is 135 Å². The van der Waals surface area contributed by atoms with Crippen LogP contribution in [0.5, 0.6) is 5.75 Å². The van der Waals surface area contributed by atoms with Crippen molar-refractivity contribution in [3.8, 4) is 5.75 Å². The number of benzene rings is 2. The molecule has 2 aromatic rings. The molecule has 0 spiro atoms. The number of anilines is 1. The lowest BCUT2D eigenvalue weighted by Gasteiger charge is -2.16. The third-order valence-electron chi connectivity index (χ3n) is 3.50. The Balaban J connectivity index is 2.14. The molecule has 0 aliphatic rings. The van der Waals surface area contributed by atoms with Crippen LogP contribution in [0.1, 0.15) is 41.3 Å². The number of nitrogens with one attached hydrogen (secondary N) is 2. The van der Waals surface area contributed by atoms with E-state index in [0.717, 1.165) is 5.56 Å². The fourth-order valence-electron chi connectivity index (χ4n) is 2.22. The van der Waals surface area contributed by atoms with Gasteiger partial charge in [0.2, 0.25) is 0 Å². The first-order valence-electron chi connectivity index (χ1n) is 7.39. The summed E-state index contributed by atoms with van der Waals surface area (Å²) < 4.78 is 0. The number of aryl methyl sites for hydroxylation is 1. The zero-order chi connectivity index (χ0) is 17.0. The van der Waals surface area contributed by atoms with Crippen molar-refractivity contribution in [1.29, 1.82) is 0 Å². The number of imide groups is 1. The van der Waals surface area contributed by atoms with Crippen molar-refractivity contribution in [3.63, 3.8) is 0 Å². The molecule has 2 rings (SSSR count). The SMILES string of the molecule is Cc1cc(NC(=O)NC(=O)c2ccccc2)c(C(C)C)cc1O. The smallest absolute Gasteiger partial charge is 0.326 e. The van der Waals surface area contributed by atoms with Gasteiger partial charge in [-0.05, 0) is 48.2 Å². The molecule has 5 nitrogen and oxygen atoms in total. The summed E-state index contributed by atoms with van der Waals surface area (Å²) in [6, 6.07) is 11.2. The summed E-state index contributed by atoms with van der Waals surface area (Å²) in [6.45, 7) is 5.67. The second-order valence-electron chi connectivity index (χ2n) is 5.65. The molecule has 0 radical (unpaired) electrons. The molecule has 2 aromatic carbocycles. The van der Waals surface area contributed by atoms with Crippen LogP contribution in [0.15, 0.2) is 42.5 Å². The molecule has 23 heavy (non-hydrogen) atoms. The second-order valence-corrected chi connectivity index (χ2v) is 5.65. The molecule has 5 heteroatoms. The average molecular weight is 312 g/mol. The number of amides is 3. The summed E-state index contributed by atoms with van der Waals surface area (Å²) in [6.07, 6.45) is 0. The van der Waals surface area contributed by atoms with Gasteiger partial charge in [0, 0.05) is 11.3 Å². The monoisotopic (exact) mass is 312 g/mol. The van der Waals surface area contributed by atoms with E-state index in [2.05, 4.69) is 10.6 Å². The lowest BCUT2D eigenvalue weighted by atomic mass is 9.98. The predicted octanol–water partition coefficient (Wildman–Crippen LogP) is 3.79. The minimum Gasteiger partial charge on any atom is -0.508 e. The highest BCUT2D eigenvalue weighted by molar-refractivity contribution is 6.08. The van der Waals surface area contributed by atoms with Gasteiger partial charge in [-0.2, -0.15) is 0 Å². The number of hydrogen-bond acceptors (Lipinski definition) is 3. The van der Waals surface area contributed by atoms with Gasteiger partial charge in [-0.25, -0.2) is 4.79 Å². The molecule has 120 valence electrons. The topological polar surface area (TPSA) is 78.4 Å². The first-order chi connectivity index (χ1) is 10.9. The molecule has 0 unspecified atom stereocenters. The molecule has 0 saturated carbocycles. The van der Waals surface area contributed by atoms with Gasteiger partial charge in [-0.1, -0.05) is 32.0 Å². The van der Waals surface area contributed by atoms with Gasteiger partial charge in [-0.3, -0.25) is 10.1 Å². The van der Waals surface area contributed by atoms with E-state index in [1.807, 2.05) is 13.8 Å². The third kappa shape index (κ3) is 4.10. The van der Waals surface area contributed by atoms with Crippen LogP contribution in [0.3, 0.4) is 0 Å². The van der Waals surface area contributed by atoms with E-state index in [0.29, 0.717) is 16.8 Å². The Kier molecular flexibility index (Phi) is 5.01. The molecule has 0 bridgehead atoms. The Morgan fingerprint density at radius 3 is 2.35 bits per heavy atom. The molecule has 0 atom stereocenters. The summed E-state index contributed by atoms with van der Waals surface area (Å²) in [5.41, 5.74) is 2.44. The summed E-state index contributed by atoms with van der Waals surface area (Å²) in [4.78, 5) is 24.0. The molecule has 0 aliphatic carbocycles. The Morgan fingerprint density at radius 2 is 1.74 bits per heavy atom. The molecule has 0 fully saturated rings. The number of hydrogen-bond donors (Lipinski definition) is 3. The largest absolute Gasteiger partial charge is 0.508 e. The second kappa shape index (κ2) is 6.96. The molecular weight excluding hydrogens is 292 g/mol. The maximum atomic E-state index is 12.1. The zero-order valence-corrected chi connectivity index (χ0v) is 13.4. The van der Waals surface area contributed by atoms with Gasteiger partial charge in [0.05, 0.1) is 0 Å². The standard InChI is InChI=1S/C18H20N2O3/c1-11(2)14-10-16(21)12(3)9-15(14)19-18(23)20-17(22)13-7-5-4-6-8-13/h4-11,21H,1-3H3,(H2,19,20,22,23). The maximum Gasteiger partial charge on any atom is 0.326 e. The number of phenolic OH excluding ortho intramolecular Hbond substituents is 1. The molecule has 3 N–H and O–H groups in total. The minimum atomic E-state index is -0.606. The van der Waals surface area contributed by atoms with Crippen molar-refractivity contribution in [2.75, 3.05) is 5.32 Å². The highest BCUT2D eigenvalue weighted by Gasteiger charge is 2.15. The molecule has 3 amide bonds. The van der Waals surface area contributed by atoms with Crippen LogP contribution in [0, 0.1) is 6.92 Å². The van der Waals surface area contributed by atoms with E-state index in [9.17, 15) is 14.7 Å². The van der Waals surface area contributed by atoms with Gasteiger partial charge >= 0.3 is 6.03 Å². The number of rotatable bonds is 3. The third-order valence-corrected chi connectivity index (χ3v) is 3.50. The van der Waals surface area contributed by atoms with E-state index in [1.165, 1.54) is 0 Å². The van der Waals surface area contributed by atoms with Crippen LogP contribution < -0.4 is 10.6 Å². The highest BCUT2D eigenvalue weighted by atomic mass is 16.3. The lowest BCUT2D eigenvalue weighted by Crippen LogP contribution is -2.34. The van der Waals surface area contributed by atoms with E-state index >= 15 is 0 Å². The van der Waals surface area contributed by atoms with E-state index in [-0.39, 0.29) is 11.7 Å². The molecule has 0 aromatic heterocycles. The maximum absolute atomic E-state index is 12.1. The Morgan fingerprint density at radius 1 is 1.09 bits per heavy atom. The van der Waals surface area contributed by atoms with Crippen LogP contribution in [-0.4, -0.2) is 17.0 Å². The molecule has 0 heterocycles. The van der Waals surface area contributed by atoms with Crippen LogP contribution in [0.25, 0.3) is 0 Å². The van der Waals surface area contributed by atoms with E-state index < -0.39 is 11.9 Å². The van der Waals surface area contributed by atoms with E-state index in [1.54, 1.807) is 49.4 Å². The quantitative estimate of drug-likeness (QED) is 0.755. The summed E-state index contributed by atoms with van der Waals surface area (Å²) in [7, 11) is 0. The normalized spacial score (nSPS) is 10.4. The number of aromatic hydroxyl groups is 1. The van der Waals surface area contributed by atoms with Crippen molar-refractivity contribution in [2.24, 2.45) is 0 Å². The van der Waals surface area contributed by atoms with Gasteiger partial charge in [0.15, 0.2) is 0 Å². The van der Waals surface area contributed by atoms with Gasteiger partial charge < -0.3 is 10.4 Å². The number of urea groups is 1. The van der Waals surface area contributed by atoms with Gasteiger partial charge in [0.25, 0.3) is 5.91 Å².